The van der Waals surface area contributed by atoms with E-state index in [1.807, 2.05) is 24.4 Å². The number of hydrogen-bond donors (Lipinski definition) is 1. The Hall–Kier alpha value is -3.66. The Labute approximate surface area is 228 Å². The van der Waals surface area contributed by atoms with Crippen LogP contribution >= 0.6 is 0 Å². The van der Waals surface area contributed by atoms with Gasteiger partial charge in [0, 0.05) is 30.5 Å². The highest BCUT2D eigenvalue weighted by atomic mass is 19.3. The topological polar surface area (TPSA) is 61.2 Å². The highest BCUT2D eigenvalue weighted by molar-refractivity contribution is 5.67. The second-order valence-corrected chi connectivity index (χ2v) is 11.3. The summed E-state index contributed by atoms with van der Waals surface area (Å²) in [6.45, 7) is -1.69. The molecule has 0 unspecified atom stereocenters. The van der Waals surface area contributed by atoms with Gasteiger partial charge in [0.15, 0.2) is 0 Å². The number of aromatic nitrogens is 1. The number of nitrogens with one attached hydrogen (secondary N) is 1. The quantitative estimate of drug-likeness (QED) is 0.328. The number of rotatable bonds is 8. The van der Waals surface area contributed by atoms with Crippen LogP contribution in [0.15, 0.2) is 66.9 Å². The molecule has 2 heterocycles. The van der Waals surface area contributed by atoms with Gasteiger partial charge in [-0.2, -0.15) is 14.0 Å². The van der Waals surface area contributed by atoms with Gasteiger partial charge in [-0.1, -0.05) is 25.0 Å². The van der Waals surface area contributed by atoms with E-state index in [0.29, 0.717) is 29.5 Å². The molecule has 0 spiro atoms. The van der Waals surface area contributed by atoms with Crippen LogP contribution in [-0.2, 0) is 0 Å². The molecule has 2 aliphatic carbocycles. The van der Waals surface area contributed by atoms with Gasteiger partial charge in [-0.15, -0.1) is 0 Å². The van der Waals surface area contributed by atoms with Gasteiger partial charge in [-0.05, 0) is 110 Å². The van der Waals surface area contributed by atoms with Crippen molar-refractivity contribution in [1.29, 1.82) is 5.26 Å². The lowest BCUT2D eigenvalue weighted by atomic mass is 9.77. The number of ether oxygens (including phenoxy) is 1. The van der Waals surface area contributed by atoms with Gasteiger partial charge in [0.05, 0.1) is 11.6 Å². The summed E-state index contributed by atoms with van der Waals surface area (Å²) in [5, 5.41) is 12.9. The van der Waals surface area contributed by atoms with E-state index in [4.69, 9.17) is 5.26 Å². The number of hydrogen-bond acceptors (Lipinski definition) is 5. The minimum Gasteiger partial charge on any atom is -0.435 e. The summed E-state index contributed by atoms with van der Waals surface area (Å²) in [4.78, 5) is 7.21. The molecule has 2 saturated carbocycles. The average Bonchev–Trinajstić information content (AvgIpc) is 3.55. The summed E-state index contributed by atoms with van der Waals surface area (Å²) >= 11 is 0. The first-order chi connectivity index (χ1) is 19.1. The van der Waals surface area contributed by atoms with Crippen molar-refractivity contribution in [3.05, 3.63) is 72.4 Å². The lowest BCUT2D eigenvalue weighted by Gasteiger charge is -2.40. The number of piperidine rings is 1. The zero-order valence-electron chi connectivity index (χ0n) is 22.0. The largest absolute Gasteiger partial charge is 0.435 e. The highest BCUT2D eigenvalue weighted by Crippen LogP contribution is 2.48. The zero-order valence-corrected chi connectivity index (χ0v) is 22.0. The molecule has 1 aliphatic heterocycles. The third-order valence-corrected chi connectivity index (χ3v) is 8.96. The van der Waals surface area contributed by atoms with Gasteiger partial charge in [0.2, 0.25) is 0 Å². The molecule has 6 rings (SSSR count). The van der Waals surface area contributed by atoms with Gasteiger partial charge in [0.1, 0.15) is 11.6 Å². The number of nitrogens with zero attached hydrogens (tertiary/aromatic N) is 3. The summed E-state index contributed by atoms with van der Waals surface area (Å²) < 4.78 is 29.5. The van der Waals surface area contributed by atoms with E-state index >= 15 is 0 Å². The first-order valence-electron chi connectivity index (χ1n) is 14.1. The number of anilines is 2. The van der Waals surface area contributed by atoms with Crippen LogP contribution in [0.5, 0.6) is 5.75 Å². The molecule has 2 aromatic carbocycles. The van der Waals surface area contributed by atoms with E-state index < -0.39 is 6.61 Å². The number of halogens is 2. The van der Waals surface area contributed by atoms with Gasteiger partial charge >= 0.3 is 6.61 Å². The molecule has 3 aliphatic rings. The maximum absolute atomic E-state index is 12.5. The Morgan fingerprint density at radius 1 is 0.974 bits per heavy atom. The van der Waals surface area contributed by atoms with Crippen molar-refractivity contribution in [2.45, 2.75) is 63.6 Å². The van der Waals surface area contributed by atoms with E-state index in [1.165, 1.54) is 44.2 Å². The fraction of sp³-hybridized carbons (Fsp3) is 0.438. The monoisotopic (exact) mass is 528 g/mol. The SMILES string of the molecule is N#Cc1ccc(N2C[C@@H]3C[C@H](C[C@@H]4CCCC[C@H]4Nc4cc(-c5ccc(OC(F)F)cc5)ccn4)[C@H]2C3)cc1. The Kier molecular flexibility index (Phi) is 7.36. The summed E-state index contributed by atoms with van der Waals surface area (Å²) in [6.07, 6.45) is 10.5. The van der Waals surface area contributed by atoms with E-state index in [1.54, 1.807) is 24.3 Å². The Morgan fingerprint density at radius 3 is 2.51 bits per heavy atom. The molecule has 39 heavy (non-hydrogen) atoms. The molecule has 202 valence electrons. The molecule has 7 heteroatoms. The predicted molar refractivity (Wildman–Crippen MR) is 149 cm³/mol. The summed E-state index contributed by atoms with van der Waals surface area (Å²) in [5.74, 6) is 3.10. The molecule has 5 nitrogen and oxygen atoms in total. The van der Waals surface area contributed by atoms with Crippen LogP contribution in [0.1, 0.15) is 50.5 Å². The third-order valence-electron chi connectivity index (χ3n) is 8.96. The van der Waals surface area contributed by atoms with Crippen molar-refractivity contribution in [2.75, 3.05) is 16.8 Å². The molecule has 0 amide bonds. The number of pyridine rings is 1. The third kappa shape index (κ3) is 5.71. The molecule has 1 saturated heterocycles. The van der Waals surface area contributed by atoms with Crippen molar-refractivity contribution in [3.8, 4) is 22.9 Å². The van der Waals surface area contributed by atoms with Crippen molar-refractivity contribution in [1.82, 2.24) is 4.98 Å². The van der Waals surface area contributed by atoms with Crippen molar-refractivity contribution in [2.24, 2.45) is 17.8 Å². The van der Waals surface area contributed by atoms with Crippen LogP contribution in [0, 0.1) is 29.1 Å². The van der Waals surface area contributed by atoms with Crippen LogP contribution in [0.3, 0.4) is 0 Å². The van der Waals surface area contributed by atoms with Crippen LogP contribution in [0.25, 0.3) is 11.1 Å². The molecule has 1 N–H and O–H groups in total. The summed E-state index contributed by atoms with van der Waals surface area (Å²) in [5.41, 5.74) is 3.90. The molecule has 0 radical (unpaired) electrons. The maximum atomic E-state index is 12.5. The molecule has 3 fully saturated rings. The molecular weight excluding hydrogens is 494 g/mol. The van der Waals surface area contributed by atoms with Gasteiger partial charge in [-0.25, -0.2) is 4.98 Å². The number of fused-ring (bicyclic) bond motifs is 2. The fourth-order valence-electron chi connectivity index (χ4n) is 7.21. The van der Waals surface area contributed by atoms with Crippen molar-refractivity contribution >= 4 is 11.5 Å². The van der Waals surface area contributed by atoms with Crippen LogP contribution in [0.4, 0.5) is 20.3 Å². The van der Waals surface area contributed by atoms with Crippen LogP contribution in [0.2, 0.25) is 0 Å². The molecule has 5 atom stereocenters. The van der Waals surface area contributed by atoms with Gasteiger partial charge in [-0.3, -0.25) is 0 Å². The Bertz CT molecular complexity index is 1310. The fourth-order valence-corrected chi connectivity index (χ4v) is 7.21. The zero-order chi connectivity index (χ0) is 26.8. The Morgan fingerprint density at radius 2 is 1.77 bits per heavy atom. The maximum Gasteiger partial charge on any atom is 0.387 e. The number of alkyl halides is 2. The molecule has 1 aromatic heterocycles. The van der Waals surface area contributed by atoms with Crippen LogP contribution < -0.4 is 15.0 Å². The molecular formula is C32H34F2N4O. The lowest BCUT2D eigenvalue weighted by Crippen LogP contribution is -2.41. The van der Waals surface area contributed by atoms with E-state index in [0.717, 1.165) is 35.8 Å². The normalized spacial score (nSPS) is 26.0. The minimum absolute atomic E-state index is 0.157. The van der Waals surface area contributed by atoms with Gasteiger partial charge in [0.25, 0.3) is 0 Å². The van der Waals surface area contributed by atoms with Crippen molar-refractivity contribution < 1.29 is 13.5 Å². The standard InChI is InChI=1S/C32H34F2N4O/c33-32(34)39-28-11-7-23(8-12-28)24-13-14-36-31(18-24)37-29-4-2-1-3-25(29)17-26-15-22-16-30(26)38(20-22)27-9-5-21(19-35)6-10-27/h5-14,18,22,25-26,29-30,32H,1-4,15-17,20H2,(H,36,37)/t22-,25+,26-,29-,30-/m1/s1. The van der Waals surface area contributed by atoms with E-state index in [9.17, 15) is 8.78 Å². The lowest BCUT2D eigenvalue weighted by molar-refractivity contribution is -0.0498. The van der Waals surface area contributed by atoms with Crippen molar-refractivity contribution in [3.63, 3.8) is 0 Å². The smallest absolute Gasteiger partial charge is 0.387 e. The summed E-state index contributed by atoms with van der Waals surface area (Å²) in [6, 6.07) is 22.0. The number of benzene rings is 2. The van der Waals surface area contributed by atoms with E-state index in [-0.39, 0.29) is 5.75 Å². The minimum atomic E-state index is -2.82. The summed E-state index contributed by atoms with van der Waals surface area (Å²) in [7, 11) is 0. The highest BCUT2D eigenvalue weighted by Gasteiger charge is 2.46. The molecule has 3 aromatic rings. The Balaban J connectivity index is 1.12. The number of nitriles is 1. The first-order valence-corrected chi connectivity index (χ1v) is 14.1. The van der Waals surface area contributed by atoms with E-state index in [2.05, 4.69) is 44.2 Å². The second-order valence-electron chi connectivity index (χ2n) is 11.3. The average molecular weight is 529 g/mol. The van der Waals surface area contributed by atoms with Gasteiger partial charge < -0.3 is 15.0 Å². The molecule has 2 bridgehead atoms. The first kappa shape index (κ1) is 25.6. The predicted octanol–water partition coefficient (Wildman–Crippen LogP) is 7.50. The second kappa shape index (κ2) is 11.2. The van der Waals surface area contributed by atoms with Crippen LogP contribution in [-0.4, -0.2) is 30.2 Å².